The number of thioether (sulfide) groups is 1. The molecule has 0 radical (unpaired) electrons. The van der Waals surface area contributed by atoms with E-state index in [4.69, 9.17) is 0 Å². The average molecular weight is 466 g/mol. The molecule has 7 nitrogen and oxygen atoms in total. The van der Waals surface area contributed by atoms with Gasteiger partial charge in [-0.1, -0.05) is 25.1 Å². The summed E-state index contributed by atoms with van der Waals surface area (Å²) in [5.41, 5.74) is 3.91. The van der Waals surface area contributed by atoms with Crippen LogP contribution in [0.2, 0.25) is 0 Å². The van der Waals surface area contributed by atoms with Crippen LogP contribution in [0.4, 0.5) is 16.2 Å². The fraction of sp³-hybridized carbons (Fsp3) is 0.360. The molecular weight excluding hydrogens is 438 g/mol. The standard InChI is InChI=1S/C25H27N3O4S/c1-5-27-21-10-9-17(12-20(21)16(2)14-25(27,3)4)13-22-23(29)26(24(30)33-22)15-18-7-6-8-19(11-18)28(31)32/h6-13,16H,5,14-15H2,1-4H3/b22-13-/t16-/m1/s1. The van der Waals surface area contributed by atoms with E-state index in [1.165, 1.54) is 23.4 Å². The first kappa shape index (κ1) is 23.0. The van der Waals surface area contributed by atoms with Crippen LogP contribution in [0.15, 0.2) is 47.4 Å². The lowest BCUT2D eigenvalue weighted by molar-refractivity contribution is -0.384. The van der Waals surface area contributed by atoms with E-state index >= 15 is 0 Å². The number of anilines is 1. The number of hydrogen-bond donors (Lipinski definition) is 0. The third kappa shape index (κ3) is 4.39. The smallest absolute Gasteiger partial charge is 0.293 e. The molecule has 4 rings (SSSR count). The third-order valence-corrected chi connectivity index (χ3v) is 7.27. The zero-order valence-corrected chi connectivity index (χ0v) is 20.0. The summed E-state index contributed by atoms with van der Waals surface area (Å²) in [4.78, 5) is 39.9. The fourth-order valence-electron chi connectivity index (χ4n) is 4.94. The number of nitrogens with zero attached hydrogens (tertiary/aromatic N) is 3. The van der Waals surface area contributed by atoms with Gasteiger partial charge in [0.25, 0.3) is 16.8 Å². The summed E-state index contributed by atoms with van der Waals surface area (Å²) >= 11 is 0.904. The van der Waals surface area contributed by atoms with Crippen molar-refractivity contribution in [2.24, 2.45) is 0 Å². The van der Waals surface area contributed by atoms with Crippen LogP contribution in [-0.4, -0.2) is 33.1 Å². The number of rotatable bonds is 5. The van der Waals surface area contributed by atoms with Crippen LogP contribution in [0.25, 0.3) is 6.08 Å². The van der Waals surface area contributed by atoms with Crippen molar-refractivity contribution in [3.63, 3.8) is 0 Å². The summed E-state index contributed by atoms with van der Waals surface area (Å²) < 4.78 is 0. The first-order valence-corrected chi connectivity index (χ1v) is 11.8. The van der Waals surface area contributed by atoms with Crippen LogP contribution in [0.5, 0.6) is 0 Å². The second kappa shape index (κ2) is 8.67. The monoisotopic (exact) mass is 465 g/mol. The Morgan fingerprint density at radius 3 is 2.67 bits per heavy atom. The quantitative estimate of drug-likeness (QED) is 0.308. The number of benzene rings is 2. The van der Waals surface area contributed by atoms with E-state index in [0.717, 1.165) is 35.2 Å². The van der Waals surface area contributed by atoms with Crippen LogP contribution in [0.1, 0.15) is 56.7 Å². The van der Waals surface area contributed by atoms with Crippen LogP contribution in [0.3, 0.4) is 0 Å². The zero-order valence-electron chi connectivity index (χ0n) is 19.2. The van der Waals surface area contributed by atoms with Crippen molar-refractivity contribution < 1.29 is 14.5 Å². The van der Waals surface area contributed by atoms with Gasteiger partial charge in [0.05, 0.1) is 16.4 Å². The highest BCUT2D eigenvalue weighted by atomic mass is 32.2. The second-order valence-corrected chi connectivity index (χ2v) is 10.2. The van der Waals surface area contributed by atoms with Crippen molar-refractivity contribution in [2.75, 3.05) is 11.4 Å². The molecule has 0 N–H and O–H groups in total. The van der Waals surface area contributed by atoms with E-state index in [0.29, 0.717) is 16.4 Å². The van der Waals surface area contributed by atoms with Crippen molar-refractivity contribution in [1.29, 1.82) is 0 Å². The van der Waals surface area contributed by atoms with Crippen LogP contribution < -0.4 is 4.90 Å². The molecule has 2 aliphatic rings. The van der Waals surface area contributed by atoms with Gasteiger partial charge in [-0.3, -0.25) is 24.6 Å². The molecule has 2 aliphatic heterocycles. The Hall–Kier alpha value is -3.13. The summed E-state index contributed by atoms with van der Waals surface area (Å²) in [7, 11) is 0. The molecule has 8 heteroatoms. The predicted molar refractivity (Wildman–Crippen MR) is 131 cm³/mol. The molecule has 2 amide bonds. The fourth-order valence-corrected chi connectivity index (χ4v) is 5.77. The van der Waals surface area contributed by atoms with Gasteiger partial charge in [-0.15, -0.1) is 0 Å². The molecule has 172 valence electrons. The molecule has 0 bridgehead atoms. The van der Waals surface area contributed by atoms with Crippen LogP contribution in [0, 0.1) is 10.1 Å². The van der Waals surface area contributed by atoms with E-state index in [-0.39, 0.29) is 28.9 Å². The third-order valence-electron chi connectivity index (χ3n) is 6.36. The van der Waals surface area contributed by atoms with Crippen LogP contribution >= 0.6 is 11.8 Å². The number of carbonyl (C=O) groups is 2. The van der Waals surface area contributed by atoms with Crippen molar-refractivity contribution in [2.45, 2.75) is 52.1 Å². The second-order valence-electron chi connectivity index (χ2n) is 9.17. The Bertz CT molecular complexity index is 1170. The molecule has 2 aromatic carbocycles. The molecule has 0 aliphatic carbocycles. The van der Waals surface area contributed by atoms with Crippen molar-refractivity contribution >= 4 is 40.4 Å². The highest BCUT2D eigenvalue weighted by molar-refractivity contribution is 8.18. The first-order chi connectivity index (χ1) is 15.6. The van der Waals surface area contributed by atoms with E-state index < -0.39 is 4.92 Å². The highest BCUT2D eigenvalue weighted by Crippen LogP contribution is 2.44. The van der Waals surface area contributed by atoms with Crippen molar-refractivity contribution in [3.05, 3.63) is 74.2 Å². The zero-order chi connectivity index (χ0) is 23.9. The van der Waals surface area contributed by atoms with E-state index in [9.17, 15) is 19.7 Å². The van der Waals surface area contributed by atoms with Crippen molar-refractivity contribution in [3.8, 4) is 0 Å². The van der Waals surface area contributed by atoms with Crippen LogP contribution in [-0.2, 0) is 11.3 Å². The summed E-state index contributed by atoms with van der Waals surface area (Å²) in [6.45, 7) is 9.84. The Kier molecular flexibility index (Phi) is 6.05. The topological polar surface area (TPSA) is 83.8 Å². The van der Waals surface area contributed by atoms with E-state index in [1.807, 2.05) is 6.07 Å². The lowest BCUT2D eigenvalue weighted by atomic mass is 9.79. The molecule has 0 saturated carbocycles. The predicted octanol–water partition coefficient (Wildman–Crippen LogP) is 5.94. The molecule has 1 fully saturated rings. The molecule has 2 heterocycles. The van der Waals surface area contributed by atoms with Gasteiger partial charge >= 0.3 is 0 Å². The first-order valence-electron chi connectivity index (χ1n) is 11.0. The normalized spacial score (nSPS) is 21.0. The minimum absolute atomic E-state index is 0.00541. The number of non-ortho nitro benzene ring substituents is 1. The lowest BCUT2D eigenvalue weighted by Gasteiger charge is -2.47. The molecule has 0 spiro atoms. The SMILES string of the molecule is CCN1c2ccc(/C=C3\SC(=O)N(Cc4cccc([N+](=O)[O-])c4)C3=O)cc2[C@H](C)CC1(C)C. The van der Waals surface area contributed by atoms with E-state index in [2.05, 4.69) is 44.7 Å². The summed E-state index contributed by atoms with van der Waals surface area (Å²) in [6, 6.07) is 12.2. The number of hydrogen-bond acceptors (Lipinski definition) is 6. The Morgan fingerprint density at radius 1 is 1.21 bits per heavy atom. The molecule has 33 heavy (non-hydrogen) atoms. The number of nitro benzene ring substituents is 1. The number of amides is 2. The van der Waals surface area contributed by atoms with Gasteiger partial charge in [0.1, 0.15) is 0 Å². The van der Waals surface area contributed by atoms with Gasteiger partial charge in [-0.25, -0.2) is 0 Å². The summed E-state index contributed by atoms with van der Waals surface area (Å²) in [6.07, 6.45) is 2.80. The minimum Gasteiger partial charge on any atom is -0.366 e. The van der Waals surface area contributed by atoms with Crippen molar-refractivity contribution in [1.82, 2.24) is 4.90 Å². The van der Waals surface area contributed by atoms with Gasteiger partial charge in [0.2, 0.25) is 0 Å². The summed E-state index contributed by atoms with van der Waals surface area (Å²) in [5, 5.41) is 10.6. The average Bonchev–Trinajstić information content (AvgIpc) is 3.01. The number of carbonyl (C=O) groups excluding carboxylic acids is 2. The molecule has 2 aromatic rings. The molecular formula is C25H27N3O4S. The minimum atomic E-state index is -0.491. The molecule has 1 atom stereocenters. The maximum absolute atomic E-state index is 13.0. The molecule has 1 saturated heterocycles. The lowest BCUT2D eigenvalue weighted by Crippen LogP contribution is -2.48. The highest BCUT2D eigenvalue weighted by Gasteiger charge is 2.37. The van der Waals surface area contributed by atoms with Gasteiger partial charge in [-0.05, 0) is 79.8 Å². The maximum Gasteiger partial charge on any atom is 0.293 e. The molecule has 0 aromatic heterocycles. The van der Waals surface area contributed by atoms with E-state index in [1.54, 1.807) is 18.2 Å². The van der Waals surface area contributed by atoms with Gasteiger partial charge < -0.3 is 4.90 Å². The largest absolute Gasteiger partial charge is 0.366 e. The van der Waals surface area contributed by atoms with Gasteiger partial charge in [0, 0.05) is 29.9 Å². The Balaban J connectivity index is 1.59. The summed E-state index contributed by atoms with van der Waals surface area (Å²) in [5.74, 6) is 0.00803. The Morgan fingerprint density at radius 2 is 1.97 bits per heavy atom. The maximum atomic E-state index is 13.0. The molecule has 0 unspecified atom stereocenters. The van der Waals surface area contributed by atoms with Gasteiger partial charge in [0.15, 0.2) is 0 Å². The Labute approximate surface area is 197 Å². The number of nitro groups is 1. The van der Waals surface area contributed by atoms with Gasteiger partial charge in [-0.2, -0.15) is 0 Å². The number of imide groups is 1. The number of fused-ring (bicyclic) bond motifs is 1.